The molecule has 0 radical (unpaired) electrons. The van der Waals surface area contributed by atoms with Crippen LogP contribution < -0.4 is 11.1 Å². The van der Waals surface area contributed by atoms with E-state index in [1.54, 1.807) is 0 Å². The number of carbonyl (C=O) groups is 2. The van der Waals surface area contributed by atoms with E-state index in [1.165, 1.54) is 0 Å². The van der Waals surface area contributed by atoms with E-state index in [0.717, 1.165) is 51.6 Å². The fourth-order valence-corrected chi connectivity index (χ4v) is 3.18. The third-order valence-electron chi connectivity index (χ3n) is 4.27. The smallest absolute Gasteiger partial charge is 0.225 e. The van der Waals surface area contributed by atoms with Crippen LogP contribution in [0.2, 0.25) is 0 Å². The predicted octanol–water partition coefficient (Wildman–Crippen LogP) is 0.633. The molecule has 19 heavy (non-hydrogen) atoms. The Balaban J connectivity index is 1.77. The van der Waals surface area contributed by atoms with Gasteiger partial charge in [0, 0.05) is 19.5 Å². The SMILES string of the molecule is NCCCCCCC(=O)N1CCCC2C(=O)NCC21. The maximum Gasteiger partial charge on any atom is 0.225 e. The number of amides is 2. The highest BCUT2D eigenvalue weighted by molar-refractivity contribution is 5.84. The summed E-state index contributed by atoms with van der Waals surface area (Å²) in [5.74, 6) is 0.388. The number of piperidine rings is 1. The molecule has 2 amide bonds. The Bertz CT molecular complexity index is 333. The maximum atomic E-state index is 12.2. The molecule has 2 aliphatic rings. The van der Waals surface area contributed by atoms with Crippen molar-refractivity contribution in [2.45, 2.75) is 51.0 Å². The van der Waals surface area contributed by atoms with Gasteiger partial charge in [0.1, 0.15) is 0 Å². The zero-order chi connectivity index (χ0) is 13.7. The van der Waals surface area contributed by atoms with Crippen molar-refractivity contribution in [3.63, 3.8) is 0 Å². The summed E-state index contributed by atoms with van der Waals surface area (Å²) in [6.45, 7) is 2.19. The summed E-state index contributed by atoms with van der Waals surface area (Å²) in [7, 11) is 0. The molecule has 0 spiro atoms. The number of nitrogens with zero attached hydrogens (tertiary/aromatic N) is 1. The van der Waals surface area contributed by atoms with E-state index >= 15 is 0 Å². The van der Waals surface area contributed by atoms with Crippen LogP contribution in [-0.4, -0.2) is 42.4 Å². The van der Waals surface area contributed by atoms with E-state index in [-0.39, 0.29) is 23.8 Å². The molecule has 108 valence electrons. The first kappa shape index (κ1) is 14.3. The lowest BCUT2D eigenvalue weighted by molar-refractivity contribution is -0.136. The second-order valence-electron chi connectivity index (χ2n) is 5.60. The standard InChI is InChI=1S/C14H25N3O2/c15-8-4-2-1-3-7-13(18)17-9-5-6-11-12(17)10-16-14(11)19/h11-12H,1-10,15H2,(H,16,19). The second kappa shape index (κ2) is 6.89. The van der Waals surface area contributed by atoms with Gasteiger partial charge in [-0.3, -0.25) is 9.59 Å². The molecule has 5 nitrogen and oxygen atoms in total. The maximum absolute atomic E-state index is 12.2. The molecule has 0 aliphatic carbocycles. The topological polar surface area (TPSA) is 75.4 Å². The molecule has 0 aromatic heterocycles. The van der Waals surface area contributed by atoms with Gasteiger partial charge in [-0.1, -0.05) is 12.8 Å². The van der Waals surface area contributed by atoms with Gasteiger partial charge in [-0.15, -0.1) is 0 Å². The van der Waals surface area contributed by atoms with Crippen LogP contribution in [0.5, 0.6) is 0 Å². The summed E-state index contributed by atoms with van der Waals surface area (Å²) in [5.41, 5.74) is 5.44. The predicted molar refractivity (Wildman–Crippen MR) is 73.4 cm³/mol. The van der Waals surface area contributed by atoms with Gasteiger partial charge in [-0.05, 0) is 32.2 Å². The summed E-state index contributed by atoms with van der Waals surface area (Å²) in [6, 6.07) is 0.109. The minimum absolute atomic E-state index is 0.0370. The van der Waals surface area contributed by atoms with Crippen molar-refractivity contribution in [2.75, 3.05) is 19.6 Å². The minimum atomic E-state index is 0.0370. The average molecular weight is 267 g/mol. The van der Waals surface area contributed by atoms with Crippen molar-refractivity contribution < 1.29 is 9.59 Å². The van der Waals surface area contributed by atoms with Crippen molar-refractivity contribution in [1.29, 1.82) is 0 Å². The van der Waals surface area contributed by atoms with Crippen molar-refractivity contribution in [3.8, 4) is 0 Å². The highest BCUT2D eigenvalue weighted by atomic mass is 16.2. The Labute approximate surface area is 114 Å². The first-order valence-corrected chi connectivity index (χ1v) is 7.51. The van der Waals surface area contributed by atoms with Gasteiger partial charge >= 0.3 is 0 Å². The van der Waals surface area contributed by atoms with Crippen LogP contribution in [0.3, 0.4) is 0 Å². The summed E-state index contributed by atoms with van der Waals surface area (Å²) in [4.78, 5) is 25.8. The lowest BCUT2D eigenvalue weighted by Crippen LogP contribution is -2.48. The molecule has 2 fully saturated rings. The second-order valence-corrected chi connectivity index (χ2v) is 5.60. The van der Waals surface area contributed by atoms with Crippen LogP contribution in [0, 0.1) is 5.92 Å². The summed E-state index contributed by atoms with van der Waals surface area (Å²) < 4.78 is 0. The molecule has 2 aliphatic heterocycles. The quantitative estimate of drug-likeness (QED) is 0.693. The molecule has 2 unspecified atom stereocenters. The van der Waals surface area contributed by atoms with E-state index in [2.05, 4.69) is 5.32 Å². The highest BCUT2D eigenvalue weighted by Crippen LogP contribution is 2.28. The molecule has 2 atom stereocenters. The van der Waals surface area contributed by atoms with Crippen molar-refractivity contribution in [3.05, 3.63) is 0 Å². The molecule has 0 aromatic carbocycles. The van der Waals surface area contributed by atoms with E-state index in [4.69, 9.17) is 5.73 Å². The molecule has 3 N–H and O–H groups in total. The molecule has 2 rings (SSSR count). The first-order valence-electron chi connectivity index (χ1n) is 7.51. The number of nitrogens with two attached hydrogens (primary N) is 1. The van der Waals surface area contributed by atoms with Gasteiger partial charge in [0.25, 0.3) is 0 Å². The van der Waals surface area contributed by atoms with Crippen LogP contribution in [0.4, 0.5) is 0 Å². The van der Waals surface area contributed by atoms with Gasteiger partial charge < -0.3 is 16.0 Å². The van der Waals surface area contributed by atoms with E-state index < -0.39 is 0 Å². The normalized spacial score (nSPS) is 26.2. The fraction of sp³-hybridized carbons (Fsp3) is 0.857. The number of fused-ring (bicyclic) bond motifs is 1. The Hall–Kier alpha value is -1.10. The third-order valence-corrected chi connectivity index (χ3v) is 4.27. The van der Waals surface area contributed by atoms with Crippen LogP contribution in [-0.2, 0) is 9.59 Å². The molecule has 0 bridgehead atoms. The zero-order valence-corrected chi connectivity index (χ0v) is 11.6. The number of nitrogens with one attached hydrogen (secondary N) is 1. The molecular formula is C14H25N3O2. The monoisotopic (exact) mass is 267 g/mol. The van der Waals surface area contributed by atoms with Crippen molar-refractivity contribution >= 4 is 11.8 Å². The van der Waals surface area contributed by atoms with Crippen LogP contribution in [0.25, 0.3) is 0 Å². The largest absolute Gasteiger partial charge is 0.354 e. The van der Waals surface area contributed by atoms with Gasteiger partial charge in [-0.2, -0.15) is 0 Å². The van der Waals surface area contributed by atoms with Gasteiger partial charge in [0.15, 0.2) is 0 Å². The number of carbonyl (C=O) groups excluding carboxylic acids is 2. The van der Waals surface area contributed by atoms with Gasteiger partial charge in [0.2, 0.25) is 11.8 Å². The average Bonchev–Trinajstić information content (AvgIpc) is 2.80. The summed E-state index contributed by atoms with van der Waals surface area (Å²) >= 11 is 0. The lowest BCUT2D eigenvalue weighted by Gasteiger charge is -2.36. The van der Waals surface area contributed by atoms with Crippen LogP contribution in [0.15, 0.2) is 0 Å². The molecular weight excluding hydrogens is 242 g/mol. The van der Waals surface area contributed by atoms with Crippen LogP contribution in [0.1, 0.15) is 44.9 Å². The Morgan fingerprint density at radius 2 is 2.11 bits per heavy atom. The Kier molecular flexibility index (Phi) is 5.19. The Morgan fingerprint density at radius 1 is 1.32 bits per heavy atom. The number of hydrogen-bond donors (Lipinski definition) is 2. The lowest BCUT2D eigenvalue weighted by atomic mass is 9.91. The van der Waals surface area contributed by atoms with Crippen molar-refractivity contribution in [1.82, 2.24) is 10.2 Å². The molecule has 2 saturated heterocycles. The molecule has 0 saturated carbocycles. The minimum Gasteiger partial charge on any atom is -0.354 e. The fourth-order valence-electron chi connectivity index (χ4n) is 3.18. The van der Waals surface area contributed by atoms with Crippen molar-refractivity contribution in [2.24, 2.45) is 11.7 Å². The number of rotatable bonds is 6. The summed E-state index contributed by atoms with van der Waals surface area (Å²) in [6.07, 6.45) is 6.65. The molecule has 5 heteroatoms. The molecule has 0 aromatic rings. The zero-order valence-electron chi connectivity index (χ0n) is 11.6. The first-order chi connectivity index (χ1) is 9.24. The van der Waals surface area contributed by atoms with E-state index in [1.807, 2.05) is 4.90 Å². The highest BCUT2D eigenvalue weighted by Gasteiger charge is 2.42. The molecule has 2 heterocycles. The summed E-state index contributed by atoms with van der Waals surface area (Å²) in [5, 5.41) is 2.88. The van der Waals surface area contributed by atoms with Crippen LogP contribution >= 0.6 is 0 Å². The van der Waals surface area contributed by atoms with Gasteiger partial charge in [-0.25, -0.2) is 0 Å². The number of hydrogen-bond acceptors (Lipinski definition) is 3. The Morgan fingerprint density at radius 3 is 2.89 bits per heavy atom. The van der Waals surface area contributed by atoms with Gasteiger partial charge in [0.05, 0.1) is 12.0 Å². The van der Waals surface area contributed by atoms with E-state index in [0.29, 0.717) is 13.0 Å². The number of unbranched alkanes of at least 4 members (excludes halogenated alkanes) is 3. The third kappa shape index (κ3) is 3.47. The number of likely N-dealkylation sites (tertiary alicyclic amines) is 1. The van der Waals surface area contributed by atoms with E-state index in [9.17, 15) is 9.59 Å².